The Morgan fingerprint density at radius 1 is 1.62 bits per heavy atom. The van der Waals surface area contributed by atoms with Crippen molar-refractivity contribution < 1.29 is 0 Å². The van der Waals surface area contributed by atoms with Crippen molar-refractivity contribution in [1.29, 1.82) is 5.26 Å². The normalized spacial score (nSPS) is 29.9. The van der Waals surface area contributed by atoms with E-state index in [1.165, 1.54) is 19.3 Å². The molecule has 0 heterocycles. The minimum atomic E-state index is 0.357. The second-order valence-electron chi connectivity index (χ2n) is 3.80. The summed E-state index contributed by atoms with van der Waals surface area (Å²) >= 11 is 1.97. The van der Waals surface area contributed by atoms with E-state index < -0.39 is 0 Å². The van der Waals surface area contributed by atoms with Crippen LogP contribution in [0, 0.1) is 11.3 Å². The summed E-state index contributed by atoms with van der Waals surface area (Å²) in [4.78, 5) is 0. The van der Waals surface area contributed by atoms with Gasteiger partial charge in [-0.05, 0) is 32.4 Å². The predicted octanol–water partition coefficient (Wildman–Crippen LogP) is 2.16. The third kappa shape index (κ3) is 3.58. The monoisotopic (exact) mass is 198 g/mol. The van der Waals surface area contributed by atoms with Gasteiger partial charge in [-0.2, -0.15) is 17.0 Å². The minimum Gasteiger partial charge on any atom is -0.310 e. The lowest BCUT2D eigenvalue weighted by molar-refractivity contribution is 0.455. The largest absolute Gasteiger partial charge is 0.310 e. The molecule has 13 heavy (non-hydrogen) atoms. The van der Waals surface area contributed by atoms with Gasteiger partial charge in [0.1, 0.15) is 0 Å². The molecule has 3 heteroatoms. The van der Waals surface area contributed by atoms with Crippen molar-refractivity contribution in [2.75, 3.05) is 6.26 Å². The van der Waals surface area contributed by atoms with E-state index in [0.717, 1.165) is 5.25 Å². The van der Waals surface area contributed by atoms with Gasteiger partial charge in [0.25, 0.3) is 0 Å². The van der Waals surface area contributed by atoms with Crippen LogP contribution in [-0.2, 0) is 0 Å². The molecule has 0 aromatic rings. The Morgan fingerprint density at radius 2 is 2.38 bits per heavy atom. The number of hydrogen-bond donors (Lipinski definition) is 1. The van der Waals surface area contributed by atoms with Gasteiger partial charge in [0.2, 0.25) is 0 Å². The van der Waals surface area contributed by atoms with Crippen LogP contribution in [0.5, 0.6) is 0 Å². The SMILES string of the molecule is CSC1CCC(NC(C)CC#N)C1. The van der Waals surface area contributed by atoms with Crippen molar-refractivity contribution >= 4 is 11.8 Å². The summed E-state index contributed by atoms with van der Waals surface area (Å²) in [7, 11) is 0. The Morgan fingerprint density at radius 3 is 2.92 bits per heavy atom. The standard InChI is InChI=1S/C10H18N2S/c1-8(5-6-11)12-9-3-4-10(7-9)13-2/h8-10,12H,3-5,7H2,1-2H3. The van der Waals surface area contributed by atoms with Crippen LogP contribution < -0.4 is 5.32 Å². The lowest BCUT2D eigenvalue weighted by atomic mass is 10.2. The molecule has 0 spiro atoms. The first-order chi connectivity index (χ1) is 6.26. The topological polar surface area (TPSA) is 35.8 Å². The predicted molar refractivity (Wildman–Crippen MR) is 57.8 cm³/mol. The summed E-state index contributed by atoms with van der Waals surface area (Å²) in [6.45, 7) is 2.09. The van der Waals surface area contributed by atoms with Crippen molar-refractivity contribution in [3.05, 3.63) is 0 Å². The molecule has 1 aliphatic carbocycles. The number of nitrogens with one attached hydrogen (secondary N) is 1. The van der Waals surface area contributed by atoms with Crippen LogP contribution in [0.4, 0.5) is 0 Å². The van der Waals surface area contributed by atoms with E-state index in [9.17, 15) is 0 Å². The molecule has 1 fully saturated rings. The Balaban J connectivity index is 2.20. The van der Waals surface area contributed by atoms with Crippen LogP contribution in [0.25, 0.3) is 0 Å². The fourth-order valence-electron chi connectivity index (χ4n) is 1.90. The molecule has 1 rings (SSSR count). The van der Waals surface area contributed by atoms with E-state index in [2.05, 4.69) is 24.6 Å². The van der Waals surface area contributed by atoms with Crippen molar-refractivity contribution in [3.63, 3.8) is 0 Å². The van der Waals surface area contributed by atoms with Crippen molar-refractivity contribution in [2.45, 2.75) is 49.9 Å². The summed E-state index contributed by atoms with van der Waals surface area (Å²) in [5, 5.41) is 12.9. The molecule has 2 nitrogen and oxygen atoms in total. The third-order valence-corrected chi connectivity index (χ3v) is 3.73. The maximum Gasteiger partial charge on any atom is 0.0638 e. The maximum atomic E-state index is 8.51. The highest BCUT2D eigenvalue weighted by atomic mass is 32.2. The molecule has 3 unspecified atom stereocenters. The molecule has 1 N–H and O–H groups in total. The van der Waals surface area contributed by atoms with E-state index in [-0.39, 0.29) is 0 Å². The van der Waals surface area contributed by atoms with Gasteiger partial charge >= 0.3 is 0 Å². The first-order valence-corrected chi connectivity index (χ1v) is 6.20. The molecule has 0 saturated heterocycles. The highest BCUT2D eigenvalue weighted by Gasteiger charge is 2.24. The molecular weight excluding hydrogens is 180 g/mol. The summed E-state index contributed by atoms with van der Waals surface area (Å²) in [5.74, 6) is 0. The third-order valence-electron chi connectivity index (χ3n) is 2.64. The van der Waals surface area contributed by atoms with E-state index in [1.807, 2.05) is 11.8 Å². The highest BCUT2D eigenvalue weighted by Crippen LogP contribution is 2.28. The smallest absolute Gasteiger partial charge is 0.0638 e. The highest BCUT2D eigenvalue weighted by molar-refractivity contribution is 7.99. The number of nitriles is 1. The summed E-state index contributed by atoms with van der Waals surface area (Å²) < 4.78 is 0. The van der Waals surface area contributed by atoms with Crippen molar-refractivity contribution in [1.82, 2.24) is 5.32 Å². The van der Waals surface area contributed by atoms with Gasteiger partial charge < -0.3 is 5.32 Å². The van der Waals surface area contributed by atoms with Gasteiger partial charge in [0.15, 0.2) is 0 Å². The van der Waals surface area contributed by atoms with Crippen molar-refractivity contribution in [2.24, 2.45) is 0 Å². The fraction of sp³-hybridized carbons (Fsp3) is 0.900. The lowest BCUT2D eigenvalue weighted by Crippen LogP contribution is -2.34. The first kappa shape index (κ1) is 10.9. The summed E-state index contributed by atoms with van der Waals surface area (Å²) in [5.41, 5.74) is 0. The summed E-state index contributed by atoms with van der Waals surface area (Å²) in [6.07, 6.45) is 6.70. The average molecular weight is 198 g/mol. The Hall–Kier alpha value is -0.200. The van der Waals surface area contributed by atoms with E-state index >= 15 is 0 Å². The van der Waals surface area contributed by atoms with E-state index in [1.54, 1.807) is 0 Å². The van der Waals surface area contributed by atoms with Crippen LogP contribution in [-0.4, -0.2) is 23.6 Å². The molecule has 0 radical (unpaired) electrons. The Labute approximate surface area is 85.1 Å². The zero-order valence-corrected chi connectivity index (χ0v) is 9.23. The molecule has 0 aromatic carbocycles. The van der Waals surface area contributed by atoms with Crippen LogP contribution in [0.1, 0.15) is 32.6 Å². The Kier molecular flexibility index (Phi) is 4.61. The van der Waals surface area contributed by atoms with Gasteiger partial charge in [-0.3, -0.25) is 0 Å². The van der Waals surface area contributed by atoms with E-state index in [0.29, 0.717) is 18.5 Å². The molecule has 0 aliphatic heterocycles. The number of rotatable bonds is 4. The van der Waals surface area contributed by atoms with Gasteiger partial charge in [0, 0.05) is 17.3 Å². The molecule has 74 valence electrons. The quantitative estimate of drug-likeness (QED) is 0.752. The summed E-state index contributed by atoms with van der Waals surface area (Å²) in [6, 6.07) is 3.21. The molecule has 3 atom stereocenters. The minimum absolute atomic E-state index is 0.357. The van der Waals surface area contributed by atoms with Crippen molar-refractivity contribution in [3.8, 4) is 6.07 Å². The van der Waals surface area contributed by atoms with Crippen LogP contribution in [0.3, 0.4) is 0 Å². The first-order valence-electron chi connectivity index (χ1n) is 4.92. The van der Waals surface area contributed by atoms with Gasteiger partial charge in [-0.15, -0.1) is 0 Å². The molecular formula is C10H18N2S. The van der Waals surface area contributed by atoms with E-state index in [4.69, 9.17) is 5.26 Å². The maximum absolute atomic E-state index is 8.51. The lowest BCUT2D eigenvalue weighted by Gasteiger charge is -2.16. The van der Waals surface area contributed by atoms with Crippen LogP contribution in [0.15, 0.2) is 0 Å². The number of thioether (sulfide) groups is 1. The fourth-order valence-corrected chi connectivity index (χ4v) is 2.70. The van der Waals surface area contributed by atoms with Gasteiger partial charge in [0.05, 0.1) is 12.5 Å². The zero-order chi connectivity index (χ0) is 9.68. The number of nitrogens with zero attached hydrogens (tertiary/aromatic N) is 1. The average Bonchev–Trinajstić information content (AvgIpc) is 2.52. The zero-order valence-electron chi connectivity index (χ0n) is 8.42. The Bertz CT molecular complexity index is 188. The molecule has 0 aromatic heterocycles. The molecule has 0 amide bonds. The van der Waals surface area contributed by atoms with Gasteiger partial charge in [-0.25, -0.2) is 0 Å². The van der Waals surface area contributed by atoms with Gasteiger partial charge in [-0.1, -0.05) is 0 Å². The second kappa shape index (κ2) is 5.51. The molecule has 1 aliphatic rings. The molecule has 0 bridgehead atoms. The second-order valence-corrected chi connectivity index (χ2v) is 4.94. The number of hydrogen-bond acceptors (Lipinski definition) is 3. The van der Waals surface area contributed by atoms with Crippen LogP contribution in [0.2, 0.25) is 0 Å². The molecule has 1 saturated carbocycles. The van der Waals surface area contributed by atoms with Crippen LogP contribution >= 0.6 is 11.8 Å².